The lowest BCUT2D eigenvalue weighted by Crippen LogP contribution is -2.28. The van der Waals surface area contributed by atoms with Crippen molar-refractivity contribution >= 4 is 21.6 Å². The molecule has 0 aromatic heterocycles. The van der Waals surface area contributed by atoms with Gasteiger partial charge in [0.05, 0.1) is 9.92 Å². The van der Waals surface area contributed by atoms with Gasteiger partial charge in [-0.15, -0.1) is 0 Å². The van der Waals surface area contributed by atoms with Crippen molar-refractivity contribution in [3.05, 3.63) is 58.6 Å². The molecule has 4 nitrogen and oxygen atoms in total. The summed E-state index contributed by atoms with van der Waals surface area (Å²) >= 11 is 5.96. The number of sulfonamides is 1. The predicted octanol–water partition coefficient (Wildman–Crippen LogP) is 3.31. The molecule has 22 heavy (non-hydrogen) atoms. The van der Waals surface area contributed by atoms with Crippen molar-refractivity contribution in [3.63, 3.8) is 0 Å². The maximum absolute atomic E-state index is 12.2. The molecule has 1 N–H and O–H groups in total. The van der Waals surface area contributed by atoms with Gasteiger partial charge in [0.25, 0.3) is 0 Å². The molecule has 2 rings (SSSR count). The number of halogens is 1. The summed E-state index contributed by atoms with van der Waals surface area (Å²) in [4.78, 5) is 0.288. The number of benzene rings is 2. The molecule has 0 saturated heterocycles. The van der Waals surface area contributed by atoms with Gasteiger partial charge in [0, 0.05) is 6.54 Å². The average Bonchev–Trinajstić information content (AvgIpc) is 2.45. The Morgan fingerprint density at radius 1 is 1.14 bits per heavy atom. The van der Waals surface area contributed by atoms with Crippen molar-refractivity contribution in [1.29, 1.82) is 0 Å². The van der Waals surface area contributed by atoms with E-state index >= 15 is 0 Å². The molecule has 0 aliphatic carbocycles. The first-order chi connectivity index (χ1) is 10.4. The van der Waals surface area contributed by atoms with E-state index < -0.39 is 10.0 Å². The number of hydrogen-bond acceptors (Lipinski definition) is 3. The smallest absolute Gasteiger partial charge is 0.240 e. The Labute approximate surface area is 136 Å². The molecule has 0 spiro atoms. The minimum absolute atomic E-state index is 0.168. The van der Waals surface area contributed by atoms with E-state index in [2.05, 4.69) is 4.72 Å². The van der Waals surface area contributed by atoms with Gasteiger partial charge in [0.1, 0.15) is 12.4 Å². The first-order valence-electron chi connectivity index (χ1n) is 6.84. The normalized spacial score (nSPS) is 11.4. The number of ether oxygens (including phenoxy) is 1. The van der Waals surface area contributed by atoms with Crippen LogP contribution in [-0.4, -0.2) is 21.6 Å². The molecule has 0 aliphatic heterocycles. The molecular weight excluding hydrogens is 322 g/mol. The van der Waals surface area contributed by atoms with Crippen LogP contribution in [0.4, 0.5) is 0 Å². The summed E-state index contributed by atoms with van der Waals surface area (Å²) in [5, 5.41) is 0.500. The van der Waals surface area contributed by atoms with Gasteiger partial charge in [0.2, 0.25) is 10.0 Å². The van der Waals surface area contributed by atoms with Gasteiger partial charge in [0.15, 0.2) is 0 Å². The van der Waals surface area contributed by atoms with Gasteiger partial charge in [-0.2, -0.15) is 0 Å². The second kappa shape index (κ2) is 7.13. The van der Waals surface area contributed by atoms with Crippen molar-refractivity contribution in [3.8, 4) is 5.75 Å². The second-order valence-corrected chi connectivity index (χ2v) is 7.09. The highest BCUT2D eigenvalue weighted by atomic mass is 35.5. The molecule has 0 radical (unpaired) electrons. The molecule has 0 fully saturated rings. The molecule has 0 unspecified atom stereocenters. The van der Waals surface area contributed by atoms with E-state index in [1.54, 1.807) is 43.3 Å². The SMILES string of the molecule is Cc1ccc(S(=O)(=O)NCCOc2ccccc2Cl)c(C)c1. The Hall–Kier alpha value is -1.56. The van der Waals surface area contributed by atoms with Crippen LogP contribution in [0.25, 0.3) is 0 Å². The number of para-hydroxylation sites is 1. The molecule has 0 aliphatic rings. The van der Waals surface area contributed by atoms with Gasteiger partial charge in [-0.25, -0.2) is 13.1 Å². The maximum Gasteiger partial charge on any atom is 0.240 e. The van der Waals surface area contributed by atoms with Gasteiger partial charge in [-0.3, -0.25) is 0 Å². The monoisotopic (exact) mass is 339 g/mol. The van der Waals surface area contributed by atoms with E-state index in [1.807, 2.05) is 13.0 Å². The standard InChI is InChI=1S/C16H18ClNO3S/c1-12-7-8-16(13(2)11-12)22(19,20)18-9-10-21-15-6-4-3-5-14(15)17/h3-8,11,18H,9-10H2,1-2H3. The van der Waals surface area contributed by atoms with Crippen molar-refractivity contribution < 1.29 is 13.2 Å². The van der Waals surface area contributed by atoms with Crippen LogP contribution in [0, 0.1) is 13.8 Å². The second-order valence-electron chi connectivity index (χ2n) is 4.95. The number of nitrogens with one attached hydrogen (secondary N) is 1. The van der Waals surface area contributed by atoms with E-state index in [1.165, 1.54) is 0 Å². The zero-order chi connectivity index (χ0) is 16.2. The molecule has 0 saturated carbocycles. The van der Waals surface area contributed by atoms with Crippen LogP contribution in [0.1, 0.15) is 11.1 Å². The lowest BCUT2D eigenvalue weighted by molar-refractivity contribution is 0.323. The third kappa shape index (κ3) is 4.22. The third-order valence-corrected chi connectivity index (χ3v) is 5.04. The van der Waals surface area contributed by atoms with Gasteiger partial charge in [-0.05, 0) is 37.6 Å². The van der Waals surface area contributed by atoms with E-state index in [0.29, 0.717) is 10.8 Å². The fourth-order valence-electron chi connectivity index (χ4n) is 2.08. The summed E-state index contributed by atoms with van der Waals surface area (Å²) in [5.74, 6) is 0.537. The van der Waals surface area contributed by atoms with Crippen LogP contribution in [0.3, 0.4) is 0 Å². The van der Waals surface area contributed by atoms with Crippen LogP contribution in [0.15, 0.2) is 47.4 Å². The Kier molecular flexibility index (Phi) is 5.45. The number of hydrogen-bond donors (Lipinski definition) is 1. The van der Waals surface area contributed by atoms with E-state index in [4.69, 9.17) is 16.3 Å². The van der Waals surface area contributed by atoms with E-state index in [9.17, 15) is 8.42 Å². The van der Waals surface area contributed by atoms with Crippen LogP contribution in [0.2, 0.25) is 5.02 Å². The molecule has 118 valence electrons. The largest absolute Gasteiger partial charge is 0.491 e. The summed E-state index contributed by atoms with van der Waals surface area (Å²) < 4.78 is 32.5. The molecule has 0 atom stereocenters. The summed E-state index contributed by atoms with van der Waals surface area (Å²) in [6.45, 7) is 4.07. The lowest BCUT2D eigenvalue weighted by Gasteiger charge is -2.11. The highest BCUT2D eigenvalue weighted by molar-refractivity contribution is 7.89. The van der Waals surface area contributed by atoms with E-state index in [-0.39, 0.29) is 18.0 Å². The van der Waals surface area contributed by atoms with Crippen LogP contribution in [0.5, 0.6) is 5.75 Å². The highest BCUT2D eigenvalue weighted by Gasteiger charge is 2.16. The molecule has 2 aromatic rings. The first kappa shape index (κ1) is 16.8. The molecule has 0 amide bonds. The van der Waals surface area contributed by atoms with Gasteiger partial charge < -0.3 is 4.74 Å². The van der Waals surface area contributed by atoms with Gasteiger partial charge in [-0.1, -0.05) is 41.4 Å². The topological polar surface area (TPSA) is 55.4 Å². The lowest BCUT2D eigenvalue weighted by atomic mass is 10.2. The Morgan fingerprint density at radius 3 is 2.55 bits per heavy atom. The molecule has 0 heterocycles. The molecule has 0 bridgehead atoms. The zero-order valence-corrected chi connectivity index (χ0v) is 14.0. The van der Waals surface area contributed by atoms with Gasteiger partial charge >= 0.3 is 0 Å². The molecular formula is C16H18ClNO3S. The third-order valence-electron chi connectivity index (χ3n) is 3.11. The number of rotatable bonds is 6. The maximum atomic E-state index is 12.2. The summed E-state index contributed by atoms with van der Waals surface area (Å²) in [7, 11) is -3.54. The van der Waals surface area contributed by atoms with Crippen LogP contribution < -0.4 is 9.46 Å². The Bertz CT molecular complexity index is 760. The Morgan fingerprint density at radius 2 is 1.86 bits per heavy atom. The zero-order valence-electron chi connectivity index (χ0n) is 12.5. The van der Waals surface area contributed by atoms with Crippen molar-refractivity contribution in [1.82, 2.24) is 4.72 Å². The fourth-order valence-corrected chi connectivity index (χ4v) is 3.51. The quantitative estimate of drug-likeness (QED) is 0.821. The molecule has 2 aromatic carbocycles. The Balaban J connectivity index is 1.94. The minimum Gasteiger partial charge on any atom is -0.491 e. The highest BCUT2D eigenvalue weighted by Crippen LogP contribution is 2.22. The van der Waals surface area contributed by atoms with Crippen molar-refractivity contribution in [2.45, 2.75) is 18.7 Å². The first-order valence-corrected chi connectivity index (χ1v) is 8.70. The van der Waals surface area contributed by atoms with E-state index in [0.717, 1.165) is 11.1 Å². The molecule has 6 heteroatoms. The van der Waals surface area contributed by atoms with Crippen LogP contribution >= 0.6 is 11.6 Å². The fraction of sp³-hybridized carbons (Fsp3) is 0.250. The predicted molar refractivity (Wildman–Crippen MR) is 88.1 cm³/mol. The van der Waals surface area contributed by atoms with Crippen molar-refractivity contribution in [2.75, 3.05) is 13.2 Å². The average molecular weight is 340 g/mol. The summed E-state index contributed by atoms with van der Waals surface area (Å²) in [6, 6.07) is 12.3. The minimum atomic E-state index is -3.54. The summed E-state index contributed by atoms with van der Waals surface area (Å²) in [6.07, 6.45) is 0. The van der Waals surface area contributed by atoms with Crippen molar-refractivity contribution in [2.24, 2.45) is 0 Å². The van der Waals surface area contributed by atoms with Crippen LogP contribution in [-0.2, 0) is 10.0 Å². The summed E-state index contributed by atoms with van der Waals surface area (Å²) in [5.41, 5.74) is 1.75. The number of aryl methyl sites for hydroxylation is 2.